The maximum absolute atomic E-state index is 13.4. The van der Waals surface area contributed by atoms with Gasteiger partial charge in [-0.15, -0.1) is 0 Å². The van der Waals surface area contributed by atoms with Gasteiger partial charge in [0.05, 0.1) is 17.7 Å². The Morgan fingerprint density at radius 3 is 2.00 bits per heavy atom. The summed E-state index contributed by atoms with van der Waals surface area (Å²) < 4.78 is 5.78. The zero-order chi connectivity index (χ0) is 26.2. The average Bonchev–Trinajstić information content (AvgIpc) is 3.09. The van der Waals surface area contributed by atoms with Crippen molar-refractivity contribution in [2.45, 2.75) is 59.1 Å². The van der Waals surface area contributed by atoms with Gasteiger partial charge in [0.25, 0.3) is 11.7 Å². The molecule has 0 aromatic heterocycles. The van der Waals surface area contributed by atoms with Crippen LogP contribution in [0.3, 0.4) is 0 Å². The molecule has 3 aromatic carbocycles. The van der Waals surface area contributed by atoms with Crippen molar-refractivity contribution in [2.24, 2.45) is 0 Å². The fourth-order valence-electron chi connectivity index (χ4n) is 4.40. The fraction of sp³-hybridized carbons (Fsp3) is 0.290. The fourth-order valence-corrected chi connectivity index (χ4v) is 4.40. The molecule has 0 saturated carbocycles. The molecule has 1 heterocycles. The molecule has 3 aromatic rings. The number of nitrogens with zero attached hydrogens (tertiary/aromatic N) is 1. The SMILES string of the molecule is Cc1ccc(/C(O)=C2\C(=O)C(=O)N(c3ccc(C(C)(C)C)cc3)C2c2ccc(OC(C)C)cc2)cc1. The molecule has 1 aliphatic heterocycles. The van der Waals surface area contributed by atoms with Crippen molar-refractivity contribution in [3.8, 4) is 5.75 Å². The summed E-state index contributed by atoms with van der Waals surface area (Å²) in [5, 5.41) is 11.3. The normalized spacial score (nSPS) is 17.6. The minimum atomic E-state index is -0.778. The molecule has 36 heavy (non-hydrogen) atoms. The Hall–Kier alpha value is -3.86. The van der Waals surface area contributed by atoms with Crippen molar-refractivity contribution in [3.63, 3.8) is 0 Å². The summed E-state index contributed by atoms with van der Waals surface area (Å²) >= 11 is 0. The molecule has 186 valence electrons. The maximum Gasteiger partial charge on any atom is 0.300 e. The first-order valence-corrected chi connectivity index (χ1v) is 12.2. The molecule has 0 radical (unpaired) electrons. The van der Waals surface area contributed by atoms with E-state index < -0.39 is 17.7 Å². The van der Waals surface area contributed by atoms with Crippen LogP contribution in [0.15, 0.2) is 78.4 Å². The second-order valence-electron chi connectivity index (χ2n) is 10.6. The van der Waals surface area contributed by atoms with E-state index in [0.29, 0.717) is 22.6 Å². The number of hydrogen-bond donors (Lipinski definition) is 1. The predicted octanol–water partition coefficient (Wildman–Crippen LogP) is 6.71. The van der Waals surface area contributed by atoms with Crippen LogP contribution < -0.4 is 9.64 Å². The number of Topliss-reactive ketones (excluding diaryl/α,β-unsaturated/α-hetero) is 1. The lowest BCUT2D eigenvalue weighted by atomic mass is 9.87. The number of aryl methyl sites for hydroxylation is 1. The summed E-state index contributed by atoms with van der Waals surface area (Å²) in [7, 11) is 0. The van der Waals surface area contributed by atoms with Gasteiger partial charge in [-0.25, -0.2) is 0 Å². The number of anilines is 1. The molecule has 5 nitrogen and oxygen atoms in total. The number of aliphatic hydroxyl groups excluding tert-OH is 1. The molecule has 1 amide bonds. The Morgan fingerprint density at radius 2 is 1.47 bits per heavy atom. The Bertz CT molecular complexity index is 1290. The van der Waals surface area contributed by atoms with Gasteiger partial charge in [0.15, 0.2) is 0 Å². The van der Waals surface area contributed by atoms with Crippen LogP contribution in [0.1, 0.15) is 62.9 Å². The summed E-state index contributed by atoms with van der Waals surface area (Å²) in [6.07, 6.45) is 0.0179. The van der Waals surface area contributed by atoms with E-state index in [9.17, 15) is 14.7 Å². The number of carbonyl (C=O) groups excluding carboxylic acids is 2. The zero-order valence-electron chi connectivity index (χ0n) is 21.7. The van der Waals surface area contributed by atoms with Crippen molar-refractivity contribution in [2.75, 3.05) is 4.90 Å². The molecule has 1 aliphatic rings. The third-order valence-corrected chi connectivity index (χ3v) is 6.35. The lowest BCUT2D eigenvalue weighted by Crippen LogP contribution is -2.29. The van der Waals surface area contributed by atoms with Crippen molar-refractivity contribution in [1.29, 1.82) is 0 Å². The van der Waals surface area contributed by atoms with Gasteiger partial charge in [-0.05, 0) is 61.6 Å². The van der Waals surface area contributed by atoms with Crippen molar-refractivity contribution >= 4 is 23.1 Å². The highest BCUT2D eigenvalue weighted by molar-refractivity contribution is 6.51. The maximum atomic E-state index is 13.4. The minimum absolute atomic E-state index is 0.0179. The van der Waals surface area contributed by atoms with Gasteiger partial charge in [0.1, 0.15) is 11.5 Å². The molecule has 0 bridgehead atoms. The minimum Gasteiger partial charge on any atom is -0.507 e. The van der Waals surface area contributed by atoms with Crippen LogP contribution in [0, 0.1) is 6.92 Å². The summed E-state index contributed by atoms with van der Waals surface area (Å²) in [4.78, 5) is 28.2. The highest BCUT2D eigenvalue weighted by Gasteiger charge is 2.47. The number of rotatable bonds is 5. The van der Waals surface area contributed by atoms with Crippen LogP contribution in [0.5, 0.6) is 5.75 Å². The van der Waals surface area contributed by atoms with Crippen LogP contribution in [-0.2, 0) is 15.0 Å². The molecular formula is C31H33NO4. The topological polar surface area (TPSA) is 66.8 Å². The zero-order valence-corrected chi connectivity index (χ0v) is 21.7. The molecule has 1 atom stereocenters. The van der Waals surface area contributed by atoms with Gasteiger partial charge < -0.3 is 9.84 Å². The number of ketones is 1. The highest BCUT2D eigenvalue weighted by atomic mass is 16.5. The van der Waals surface area contributed by atoms with Crippen LogP contribution in [0.2, 0.25) is 0 Å². The molecule has 4 rings (SSSR count). The second kappa shape index (κ2) is 9.65. The number of benzene rings is 3. The largest absolute Gasteiger partial charge is 0.507 e. The first-order valence-electron chi connectivity index (χ1n) is 12.2. The molecule has 1 fully saturated rings. The number of ether oxygens (including phenoxy) is 1. The molecular weight excluding hydrogens is 450 g/mol. The van der Waals surface area contributed by atoms with E-state index in [-0.39, 0.29) is 22.9 Å². The summed E-state index contributed by atoms with van der Waals surface area (Å²) in [6, 6.07) is 21.5. The molecule has 0 aliphatic carbocycles. The third kappa shape index (κ3) is 4.92. The number of amides is 1. The average molecular weight is 484 g/mol. The van der Waals surface area contributed by atoms with Crippen LogP contribution in [-0.4, -0.2) is 22.9 Å². The molecule has 0 spiro atoms. The lowest BCUT2D eigenvalue weighted by molar-refractivity contribution is -0.132. The molecule has 5 heteroatoms. The van der Waals surface area contributed by atoms with E-state index in [4.69, 9.17) is 4.74 Å². The smallest absolute Gasteiger partial charge is 0.300 e. The Labute approximate surface area is 213 Å². The molecule has 1 unspecified atom stereocenters. The van der Waals surface area contributed by atoms with E-state index in [1.54, 1.807) is 12.1 Å². The van der Waals surface area contributed by atoms with E-state index in [1.165, 1.54) is 4.90 Å². The van der Waals surface area contributed by atoms with Crippen molar-refractivity contribution in [3.05, 3.63) is 101 Å². The third-order valence-electron chi connectivity index (χ3n) is 6.35. The number of aliphatic hydroxyl groups is 1. The van der Waals surface area contributed by atoms with Gasteiger partial charge in [-0.1, -0.05) is 74.9 Å². The number of hydrogen-bond acceptors (Lipinski definition) is 4. The van der Waals surface area contributed by atoms with Gasteiger partial charge in [-0.2, -0.15) is 0 Å². The van der Waals surface area contributed by atoms with E-state index in [2.05, 4.69) is 20.8 Å². The monoisotopic (exact) mass is 483 g/mol. The van der Waals surface area contributed by atoms with Crippen molar-refractivity contribution < 1.29 is 19.4 Å². The van der Waals surface area contributed by atoms with Gasteiger partial charge in [0, 0.05) is 11.3 Å². The van der Waals surface area contributed by atoms with Crippen LogP contribution >= 0.6 is 0 Å². The van der Waals surface area contributed by atoms with Crippen LogP contribution in [0.4, 0.5) is 5.69 Å². The summed E-state index contributed by atoms with van der Waals surface area (Å²) in [5.74, 6) is -0.867. The van der Waals surface area contributed by atoms with Gasteiger partial charge in [-0.3, -0.25) is 14.5 Å². The molecule has 1 saturated heterocycles. The van der Waals surface area contributed by atoms with E-state index in [1.807, 2.05) is 81.4 Å². The number of carbonyl (C=O) groups is 2. The quantitative estimate of drug-likeness (QED) is 0.249. The Kier molecular flexibility index (Phi) is 6.77. The van der Waals surface area contributed by atoms with Gasteiger partial charge >= 0.3 is 0 Å². The van der Waals surface area contributed by atoms with Gasteiger partial charge in [0.2, 0.25) is 0 Å². The van der Waals surface area contributed by atoms with E-state index in [0.717, 1.165) is 11.1 Å². The van der Waals surface area contributed by atoms with Crippen molar-refractivity contribution in [1.82, 2.24) is 0 Å². The summed E-state index contributed by atoms with van der Waals surface area (Å²) in [6.45, 7) is 12.2. The summed E-state index contributed by atoms with van der Waals surface area (Å²) in [5.41, 5.74) is 3.97. The molecule has 1 N–H and O–H groups in total. The first kappa shape index (κ1) is 25.2. The lowest BCUT2D eigenvalue weighted by Gasteiger charge is -2.27. The standard InChI is InChI=1S/C31H33NO4/c1-19(2)36-25-17-11-21(12-18-25)27-26(28(33)22-9-7-20(3)8-10-22)29(34)30(35)32(27)24-15-13-23(14-16-24)31(4,5)6/h7-19,27,33H,1-6H3/b28-26+. The highest BCUT2D eigenvalue weighted by Crippen LogP contribution is 2.43. The van der Waals surface area contributed by atoms with E-state index >= 15 is 0 Å². The Morgan fingerprint density at radius 1 is 0.889 bits per heavy atom. The van der Waals surface area contributed by atoms with Crippen LogP contribution in [0.25, 0.3) is 5.76 Å². The Balaban J connectivity index is 1.86. The first-order chi connectivity index (χ1) is 17.0. The predicted molar refractivity (Wildman–Crippen MR) is 143 cm³/mol. The second-order valence-corrected chi connectivity index (χ2v) is 10.6.